The number of morpholine rings is 1. The number of anilines is 1. The summed E-state index contributed by atoms with van der Waals surface area (Å²) >= 11 is 0. The maximum absolute atomic E-state index is 11.9. The normalized spacial score (nSPS) is 15.6. The van der Waals surface area contributed by atoms with Gasteiger partial charge in [-0.1, -0.05) is 0 Å². The predicted octanol–water partition coefficient (Wildman–Crippen LogP) is 1.35. The Bertz CT molecular complexity index is 617. The summed E-state index contributed by atoms with van der Waals surface area (Å²) in [6, 6.07) is 3.98. The van der Waals surface area contributed by atoms with Crippen LogP contribution in [0.4, 0.5) is 5.69 Å². The topological polar surface area (TPSA) is 56.1 Å². The molecule has 0 radical (unpaired) electrons. The van der Waals surface area contributed by atoms with Crippen LogP contribution < -0.4 is 4.90 Å². The molecule has 106 valence electrons. The second-order valence-electron chi connectivity index (χ2n) is 4.59. The van der Waals surface area contributed by atoms with Gasteiger partial charge in [0, 0.05) is 25.0 Å². The molecule has 1 fully saturated rings. The van der Waals surface area contributed by atoms with Crippen molar-refractivity contribution in [2.45, 2.75) is 6.92 Å². The number of carbonyl (C=O) groups is 1. The fourth-order valence-corrected chi connectivity index (χ4v) is 2.35. The van der Waals surface area contributed by atoms with Gasteiger partial charge in [0.25, 0.3) is 0 Å². The summed E-state index contributed by atoms with van der Waals surface area (Å²) in [7, 11) is 0. The summed E-state index contributed by atoms with van der Waals surface area (Å²) in [6.45, 7) is 5.34. The molecule has 1 saturated heterocycles. The lowest BCUT2D eigenvalue weighted by Gasteiger charge is -2.28. The first-order valence-corrected chi connectivity index (χ1v) is 6.77. The van der Waals surface area contributed by atoms with Gasteiger partial charge < -0.3 is 14.4 Å². The Morgan fingerprint density at radius 2 is 2.25 bits per heavy atom. The van der Waals surface area contributed by atoms with Crippen LogP contribution in [0.25, 0.3) is 5.52 Å². The molecule has 0 unspecified atom stereocenters. The van der Waals surface area contributed by atoms with Gasteiger partial charge in [-0.25, -0.2) is 9.31 Å². The third kappa shape index (κ3) is 2.34. The highest BCUT2D eigenvalue weighted by Crippen LogP contribution is 2.21. The van der Waals surface area contributed by atoms with Gasteiger partial charge in [0.1, 0.15) is 5.56 Å². The number of hydrogen-bond donors (Lipinski definition) is 0. The highest BCUT2D eigenvalue weighted by atomic mass is 16.5. The summed E-state index contributed by atoms with van der Waals surface area (Å²) in [5, 5.41) is 4.18. The molecule has 20 heavy (non-hydrogen) atoms. The Hall–Kier alpha value is -2.08. The van der Waals surface area contributed by atoms with Gasteiger partial charge in [-0.15, -0.1) is 0 Å². The number of rotatable bonds is 3. The molecule has 0 atom stereocenters. The first-order chi connectivity index (χ1) is 9.79. The number of hydrogen-bond acceptors (Lipinski definition) is 5. The van der Waals surface area contributed by atoms with Crippen LogP contribution in [0.3, 0.4) is 0 Å². The second-order valence-corrected chi connectivity index (χ2v) is 4.59. The summed E-state index contributed by atoms with van der Waals surface area (Å²) in [6.07, 6.45) is 3.42. The molecule has 1 aliphatic heterocycles. The Labute approximate surface area is 116 Å². The molecular weight excluding hydrogens is 258 g/mol. The van der Waals surface area contributed by atoms with Crippen LogP contribution in [0.2, 0.25) is 0 Å². The zero-order valence-corrected chi connectivity index (χ0v) is 11.4. The number of nitrogens with zero attached hydrogens (tertiary/aromatic N) is 3. The third-order valence-corrected chi connectivity index (χ3v) is 3.38. The molecule has 2 aromatic rings. The van der Waals surface area contributed by atoms with Gasteiger partial charge in [0.2, 0.25) is 0 Å². The molecule has 1 aliphatic rings. The molecule has 0 aromatic carbocycles. The van der Waals surface area contributed by atoms with Crippen LogP contribution in [0, 0.1) is 0 Å². The maximum atomic E-state index is 11.9. The lowest BCUT2D eigenvalue weighted by Crippen LogP contribution is -2.36. The van der Waals surface area contributed by atoms with E-state index < -0.39 is 0 Å². The first-order valence-electron chi connectivity index (χ1n) is 6.77. The molecule has 0 amide bonds. The summed E-state index contributed by atoms with van der Waals surface area (Å²) < 4.78 is 12.1. The van der Waals surface area contributed by atoms with E-state index in [-0.39, 0.29) is 5.97 Å². The standard InChI is InChI=1S/C14H17N3O3/c1-2-20-14(18)12-10-15-17-4-3-11(9-13(12)17)16-5-7-19-8-6-16/h3-4,9-10H,2,5-8H2,1H3. The van der Waals surface area contributed by atoms with Crippen LogP contribution in [-0.2, 0) is 9.47 Å². The van der Waals surface area contributed by atoms with Crippen molar-refractivity contribution >= 4 is 17.2 Å². The van der Waals surface area contributed by atoms with Gasteiger partial charge in [0.15, 0.2) is 0 Å². The monoisotopic (exact) mass is 275 g/mol. The van der Waals surface area contributed by atoms with E-state index in [1.807, 2.05) is 18.3 Å². The zero-order chi connectivity index (χ0) is 13.9. The second kappa shape index (κ2) is 5.50. The Morgan fingerprint density at radius 3 is 3.00 bits per heavy atom. The van der Waals surface area contributed by atoms with Crippen molar-refractivity contribution in [1.82, 2.24) is 9.61 Å². The minimum Gasteiger partial charge on any atom is -0.462 e. The molecule has 0 aliphatic carbocycles. The van der Waals surface area contributed by atoms with E-state index in [0.29, 0.717) is 12.2 Å². The molecule has 3 rings (SSSR count). The van der Waals surface area contributed by atoms with Crippen molar-refractivity contribution in [3.8, 4) is 0 Å². The van der Waals surface area contributed by atoms with Crippen LogP contribution in [-0.4, -0.2) is 48.5 Å². The maximum Gasteiger partial charge on any atom is 0.341 e. The van der Waals surface area contributed by atoms with Gasteiger partial charge in [-0.3, -0.25) is 0 Å². The highest BCUT2D eigenvalue weighted by molar-refractivity contribution is 5.97. The van der Waals surface area contributed by atoms with Crippen molar-refractivity contribution in [2.75, 3.05) is 37.8 Å². The minimum atomic E-state index is -0.332. The third-order valence-electron chi connectivity index (χ3n) is 3.38. The van der Waals surface area contributed by atoms with E-state index in [0.717, 1.165) is 37.5 Å². The molecule has 0 N–H and O–H groups in total. The van der Waals surface area contributed by atoms with E-state index in [4.69, 9.17) is 9.47 Å². The molecular formula is C14H17N3O3. The quantitative estimate of drug-likeness (QED) is 0.791. The van der Waals surface area contributed by atoms with Crippen LogP contribution in [0.1, 0.15) is 17.3 Å². The Morgan fingerprint density at radius 1 is 1.45 bits per heavy atom. The van der Waals surface area contributed by atoms with Gasteiger partial charge >= 0.3 is 5.97 Å². The van der Waals surface area contributed by atoms with E-state index in [1.165, 1.54) is 0 Å². The van der Waals surface area contributed by atoms with E-state index >= 15 is 0 Å². The highest BCUT2D eigenvalue weighted by Gasteiger charge is 2.16. The largest absolute Gasteiger partial charge is 0.462 e. The summed E-state index contributed by atoms with van der Waals surface area (Å²) in [4.78, 5) is 14.1. The van der Waals surface area contributed by atoms with E-state index in [1.54, 1.807) is 17.6 Å². The first kappa shape index (κ1) is 12.9. The van der Waals surface area contributed by atoms with Crippen molar-refractivity contribution in [2.24, 2.45) is 0 Å². The number of pyridine rings is 1. The molecule has 6 heteroatoms. The smallest absolute Gasteiger partial charge is 0.341 e. The van der Waals surface area contributed by atoms with E-state index in [9.17, 15) is 4.79 Å². The van der Waals surface area contributed by atoms with Gasteiger partial charge in [-0.2, -0.15) is 5.10 Å². The fraction of sp³-hybridized carbons (Fsp3) is 0.429. The van der Waals surface area contributed by atoms with E-state index in [2.05, 4.69) is 10.00 Å². The molecule has 0 saturated carbocycles. The zero-order valence-electron chi connectivity index (χ0n) is 11.4. The number of carbonyl (C=O) groups excluding carboxylic acids is 1. The summed E-state index contributed by atoms with van der Waals surface area (Å²) in [5.41, 5.74) is 2.35. The number of aromatic nitrogens is 2. The van der Waals surface area contributed by atoms with Crippen molar-refractivity contribution < 1.29 is 14.3 Å². The lowest BCUT2D eigenvalue weighted by molar-refractivity contribution is 0.0528. The van der Waals surface area contributed by atoms with Gasteiger partial charge in [0.05, 0.1) is 31.5 Å². The Kier molecular flexibility index (Phi) is 3.56. The van der Waals surface area contributed by atoms with Crippen molar-refractivity contribution in [3.63, 3.8) is 0 Å². The average molecular weight is 275 g/mol. The minimum absolute atomic E-state index is 0.332. The molecule has 2 aromatic heterocycles. The summed E-state index contributed by atoms with van der Waals surface area (Å²) in [5.74, 6) is -0.332. The van der Waals surface area contributed by atoms with Crippen molar-refractivity contribution in [1.29, 1.82) is 0 Å². The predicted molar refractivity (Wildman–Crippen MR) is 74.2 cm³/mol. The van der Waals surface area contributed by atoms with Crippen molar-refractivity contribution in [3.05, 3.63) is 30.1 Å². The number of fused-ring (bicyclic) bond motifs is 1. The SMILES string of the molecule is CCOC(=O)c1cnn2ccc(N3CCOCC3)cc12. The van der Waals surface area contributed by atoms with Crippen LogP contribution >= 0.6 is 0 Å². The number of esters is 1. The lowest BCUT2D eigenvalue weighted by atomic mass is 10.2. The molecule has 0 bridgehead atoms. The number of ether oxygens (including phenoxy) is 2. The molecule has 6 nitrogen and oxygen atoms in total. The van der Waals surface area contributed by atoms with Crippen LogP contribution in [0.15, 0.2) is 24.5 Å². The average Bonchev–Trinajstić information content (AvgIpc) is 2.91. The molecule has 3 heterocycles. The van der Waals surface area contributed by atoms with Crippen LogP contribution in [0.5, 0.6) is 0 Å². The Balaban J connectivity index is 1.96. The van der Waals surface area contributed by atoms with Gasteiger partial charge in [-0.05, 0) is 19.1 Å². The molecule has 0 spiro atoms. The fourth-order valence-electron chi connectivity index (χ4n) is 2.35.